The zero-order chi connectivity index (χ0) is 62.6. The molecule has 0 bridgehead atoms. The highest BCUT2D eigenvalue weighted by Gasteiger charge is 2.42. The Bertz CT molecular complexity index is 2320. The number of hydrogen-bond acceptors (Lipinski definition) is 22. The van der Waals surface area contributed by atoms with Gasteiger partial charge in [0.1, 0.15) is 72.5 Å². The molecule has 1 aromatic carbocycles. The lowest BCUT2D eigenvalue weighted by molar-refractivity contribution is -0.293. The molecule has 3 rings (SSSR count). The van der Waals surface area contributed by atoms with Gasteiger partial charge in [0.2, 0.25) is 59.1 Å². The number of rotatable bonds is 26. The average Bonchev–Trinajstić information content (AvgIpc) is 3.43. The van der Waals surface area contributed by atoms with Crippen molar-refractivity contribution in [2.75, 3.05) is 32.9 Å². The van der Waals surface area contributed by atoms with E-state index in [1.165, 1.54) is 12.1 Å². The van der Waals surface area contributed by atoms with E-state index in [2.05, 4.69) is 49.5 Å². The van der Waals surface area contributed by atoms with Crippen LogP contribution in [0, 0.1) is 0 Å². The molecule has 0 aromatic heterocycles. The van der Waals surface area contributed by atoms with Gasteiger partial charge < -0.3 is 115 Å². The van der Waals surface area contributed by atoms with Crippen molar-refractivity contribution in [3.05, 3.63) is 29.8 Å². The SMILES string of the molecule is CCCCCCCCCCCC(OC1OCC(O)C(O)C1O)C(O)C(O)CC1CC(=O)NC(CO)C(=O)NC(C(O)c2ccc(O)cc2)C(=O)NC(CCN)C(=O)NCC(=O)NC(CC(N)=O)C(=O)NC(CO)C(=O)NC(CC(N)=O)C(=O)N1. The van der Waals surface area contributed by atoms with Crippen LogP contribution in [0.2, 0.25) is 0 Å². The Hall–Kier alpha value is -6.72. The van der Waals surface area contributed by atoms with E-state index in [-0.39, 0.29) is 30.7 Å². The molecule has 0 spiro atoms. The van der Waals surface area contributed by atoms with E-state index >= 15 is 0 Å². The smallest absolute Gasteiger partial charge is 0.246 e. The Morgan fingerprint density at radius 3 is 1.74 bits per heavy atom. The normalized spacial score (nSPS) is 27.3. The van der Waals surface area contributed by atoms with Crippen molar-refractivity contribution in [2.24, 2.45) is 17.2 Å². The van der Waals surface area contributed by atoms with Gasteiger partial charge in [-0.15, -0.1) is 0 Å². The molecule has 474 valence electrons. The average molecular weight is 1200 g/mol. The molecule has 2 heterocycles. The number of aromatic hydroxyl groups is 1. The number of unbranched alkanes of at least 4 members (excludes halogenated alkanes) is 8. The van der Waals surface area contributed by atoms with E-state index in [1.807, 2.05) is 0 Å². The van der Waals surface area contributed by atoms with E-state index < -0.39 is 202 Å². The predicted octanol–water partition coefficient (Wildman–Crippen LogP) is -7.72. The van der Waals surface area contributed by atoms with Crippen molar-refractivity contribution in [2.45, 2.75) is 195 Å². The molecular weight excluding hydrogens is 1110 g/mol. The van der Waals surface area contributed by atoms with Gasteiger partial charge in [0.25, 0.3) is 0 Å². The van der Waals surface area contributed by atoms with Crippen LogP contribution in [0.3, 0.4) is 0 Å². The summed E-state index contributed by atoms with van der Waals surface area (Å²) in [4.78, 5) is 135. The van der Waals surface area contributed by atoms with Gasteiger partial charge in [-0.05, 0) is 43.5 Å². The number of amides is 10. The second-order valence-electron chi connectivity index (χ2n) is 20.7. The number of phenols is 1. The maximum atomic E-state index is 14.2. The first-order valence-corrected chi connectivity index (χ1v) is 27.8. The Balaban J connectivity index is 2.12. The van der Waals surface area contributed by atoms with Crippen molar-refractivity contribution >= 4 is 59.1 Å². The maximum Gasteiger partial charge on any atom is 0.246 e. The summed E-state index contributed by atoms with van der Waals surface area (Å²) < 4.78 is 11.4. The largest absolute Gasteiger partial charge is 0.508 e. The maximum absolute atomic E-state index is 14.2. The molecule has 2 aliphatic heterocycles. The Labute approximate surface area is 484 Å². The highest BCUT2D eigenvalue weighted by molar-refractivity contribution is 5.99. The molecule has 2 saturated heterocycles. The summed E-state index contributed by atoms with van der Waals surface area (Å²) in [5.74, 6) is -12.8. The summed E-state index contributed by atoms with van der Waals surface area (Å²) in [6.07, 6.45) is -10.2. The number of aliphatic hydroxyl groups is 8. The highest BCUT2D eigenvalue weighted by Crippen LogP contribution is 2.25. The lowest BCUT2D eigenvalue weighted by atomic mass is 9.94. The molecule has 1 aromatic rings. The van der Waals surface area contributed by atoms with Crippen LogP contribution in [0.4, 0.5) is 0 Å². The van der Waals surface area contributed by atoms with Gasteiger partial charge in [0.05, 0.1) is 51.4 Å². The van der Waals surface area contributed by atoms with Crippen molar-refractivity contribution < 1.29 is 103 Å². The van der Waals surface area contributed by atoms with Crippen LogP contribution in [0.1, 0.15) is 115 Å². The molecule has 84 heavy (non-hydrogen) atoms. The minimum absolute atomic E-state index is 0.00362. The van der Waals surface area contributed by atoms with Crippen LogP contribution in [-0.4, -0.2) is 223 Å². The van der Waals surface area contributed by atoms with Gasteiger partial charge in [-0.2, -0.15) is 0 Å². The first-order valence-electron chi connectivity index (χ1n) is 27.8. The van der Waals surface area contributed by atoms with Crippen LogP contribution in [-0.2, 0) is 57.4 Å². The fourth-order valence-corrected chi connectivity index (χ4v) is 9.09. The molecule has 2 fully saturated rings. The molecule has 10 amide bonds. The minimum atomic E-state index is -2.09. The molecule has 0 aliphatic carbocycles. The number of hydrogen-bond donors (Lipinski definition) is 20. The van der Waals surface area contributed by atoms with Gasteiger partial charge in [0.15, 0.2) is 6.29 Å². The fourth-order valence-electron chi connectivity index (χ4n) is 9.09. The number of benzene rings is 1. The molecule has 0 radical (unpaired) electrons. The molecule has 32 nitrogen and oxygen atoms in total. The van der Waals surface area contributed by atoms with Gasteiger partial charge in [0, 0.05) is 12.5 Å². The molecular formula is C52H85N11O21. The number of primary amides is 2. The second-order valence-corrected chi connectivity index (χ2v) is 20.7. The van der Waals surface area contributed by atoms with Crippen LogP contribution in [0.25, 0.3) is 0 Å². The Morgan fingerprint density at radius 2 is 1.15 bits per heavy atom. The number of ether oxygens (including phenoxy) is 2. The first-order chi connectivity index (χ1) is 39.8. The lowest BCUT2D eigenvalue weighted by Crippen LogP contribution is -2.60. The van der Waals surface area contributed by atoms with Crippen molar-refractivity contribution in [1.82, 2.24) is 42.5 Å². The topological polar surface area (TPSA) is 546 Å². The summed E-state index contributed by atoms with van der Waals surface area (Å²) in [5.41, 5.74) is 16.4. The molecule has 2 aliphatic rings. The number of phenolic OH excluding ortho intramolecular Hbond substituents is 1. The summed E-state index contributed by atoms with van der Waals surface area (Å²) >= 11 is 0. The van der Waals surface area contributed by atoms with Gasteiger partial charge in [-0.1, -0.05) is 76.8 Å². The third kappa shape index (κ3) is 24.1. The molecule has 15 unspecified atom stereocenters. The van der Waals surface area contributed by atoms with E-state index in [0.717, 1.165) is 57.1 Å². The van der Waals surface area contributed by atoms with Crippen molar-refractivity contribution in [3.63, 3.8) is 0 Å². The Morgan fingerprint density at radius 1 is 0.643 bits per heavy atom. The standard InChI is InChI=1S/C52H85N11O21/c1-2-3-4-5-6-7-8-9-10-11-36(84-52-45(76)44(75)35(68)25-83-52)43(74)34(67)18-27-19-39(71)59-32(23-64)50(81)63-41(42(73)26-12-14-28(66)15-13-26)51(82)60-29(16-17-53)46(77)56-22-40(72)58-30(20-37(54)69)48(79)62-33(24-65)49(80)61-31(21-38(55)70)47(78)57-27/h12-15,27,29-36,41-45,52,64-68,73-76H,2-11,16-25,53H2,1H3,(H2,54,69)(H2,55,70)(H,56,77)(H,57,78)(H,58,72)(H,59,71)(H,60,82)(H,61,80)(H,62,79)(H,63,81). The lowest BCUT2D eigenvalue weighted by Gasteiger charge is -2.38. The highest BCUT2D eigenvalue weighted by atomic mass is 16.7. The predicted molar refractivity (Wildman–Crippen MR) is 291 cm³/mol. The third-order valence-corrected chi connectivity index (χ3v) is 13.8. The van der Waals surface area contributed by atoms with E-state index in [1.54, 1.807) is 0 Å². The number of carbonyl (C=O) groups is 10. The van der Waals surface area contributed by atoms with E-state index in [0.29, 0.717) is 12.8 Å². The van der Waals surface area contributed by atoms with Gasteiger partial charge in [-0.3, -0.25) is 47.9 Å². The monoisotopic (exact) mass is 1200 g/mol. The fraction of sp³-hybridized carbons (Fsp3) is 0.692. The minimum Gasteiger partial charge on any atom is -0.508 e. The first kappa shape index (κ1) is 71.5. The van der Waals surface area contributed by atoms with Crippen LogP contribution in [0.15, 0.2) is 24.3 Å². The second kappa shape index (κ2) is 36.9. The molecule has 32 heteroatoms. The summed E-state index contributed by atoms with van der Waals surface area (Å²) in [6.45, 7) is -2.08. The van der Waals surface area contributed by atoms with Gasteiger partial charge in [-0.25, -0.2) is 0 Å². The Kier molecular flexibility index (Phi) is 31.4. The zero-order valence-electron chi connectivity index (χ0n) is 46.8. The number of nitrogens with two attached hydrogens (primary N) is 3. The summed E-state index contributed by atoms with van der Waals surface area (Å²) in [5, 5.41) is 115. The van der Waals surface area contributed by atoms with E-state index in [4.69, 9.17) is 26.7 Å². The quantitative estimate of drug-likeness (QED) is 0.0383. The van der Waals surface area contributed by atoms with Crippen LogP contribution < -0.4 is 59.7 Å². The zero-order valence-corrected chi connectivity index (χ0v) is 46.8. The third-order valence-electron chi connectivity index (χ3n) is 13.8. The van der Waals surface area contributed by atoms with Crippen molar-refractivity contribution in [3.8, 4) is 5.75 Å². The van der Waals surface area contributed by atoms with Crippen LogP contribution in [0.5, 0.6) is 5.75 Å². The summed E-state index contributed by atoms with van der Waals surface area (Å²) in [7, 11) is 0. The van der Waals surface area contributed by atoms with Crippen molar-refractivity contribution in [1.29, 1.82) is 0 Å². The number of aliphatic hydroxyl groups excluding tert-OH is 8. The van der Waals surface area contributed by atoms with Crippen LogP contribution >= 0.6 is 0 Å². The summed E-state index contributed by atoms with van der Waals surface area (Å²) in [6, 6.07) is -8.76. The number of carbonyl (C=O) groups excluding carboxylic acids is 10. The molecule has 23 N–H and O–H groups in total. The molecule has 0 saturated carbocycles. The molecule has 15 atom stereocenters. The van der Waals surface area contributed by atoms with E-state index in [9.17, 15) is 93.9 Å². The number of nitrogens with one attached hydrogen (secondary N) is 8. The van der Waals surface area contributed by atoms with Gasteiger partial charge >= 0.3 is 0 Å².